The van der Waals surface area contributed by atoms with Gasteiger partial charge in [0.1, 0.15) is 11.9 Å². The zero-order valence-electron chi connectivity index (χ0n) is 14.3. The minimum atomic E-state index is -0.357. The Hall–Kier alpha value is -2.73. The third-order valence-corrected chi connectivity index (χ3v) is 5.10. The quantitative estimate of drug-likeness (QED) is 0.895. The minimum Gasteiger partial charge on any atom is -0.353 e. The molecule has 2 heterocycles. The van der Waals surface area contributed by atoms with Gasteiger partial charge in [-0.15, -0.1) is 0 Å². The third-order valence-electron chi connectivity index (χ3n) is 5.10. The molecule has 4 rings (SSSR count). The average molecular weight is 353 g/mol. The summed E-state index contributed by atoms with van der Waals surface area (Å²) in [5.74, 6) is -0.553. The molecule has 0 aromatic heterocycles. The number of piperazine rings is 2. The van der Waals surface area contributed by atoms with Crippen LogP contribution < -0.4 is 5.32 Å². The molecular weight excluding hydrogens is 333 g/mol. The highest BCUT2D eigenvalue weighted by Crippen LogP contribution is 2.28. The summed E-state index contributed by atoms with van der Waals surface area (Å²) in [6, 6.07) is 13.2. The van der Waals surface area contributed by atoms with Gasteiger partial charge < -0.3 is 10.2 Å². The monoisotopic (exact) mass is 353 g/mol. The summed E-state index contributed by atoms with van der Waals surface area (Å²) in [6.07, 6.45) is 0. The molecule has 1 atom stereocenters. The van der Waals surface area contributed by atoms with Gasteiger partial charge >= 0.3 is 0 Å². The van der Waals surface area contributed by atoms with E-state index in [2.05, 4.69) is 10.2 Å². The van der Waals surface area contributed by atoms with Crippen molar-refractivity contribution >= 4 is 11.8 Å². The first kappa shape index (κ1) is 16.7. The lowest BCUT2D eigenvalue weighted by atomic mass is 9.97. The van der Waals surface area contributed by atoms with E-state index in [0.29, 0.717) is 42.9 Å². The highest BCUT2D eigenvalue weighted by atomic mass is 19.1. The first-order valence-electron chi connectivity index (χ1n) is 8.80. The van der Waals surface area contributed by atoms with Gasteiger partial charge in [-0.05, 0) is 17.7 Å². The Balaban J connectivity index is 1.63. The molecule has 0 spiro atoms. The second kappa shape index (κ2) is 6.88. The summed E-state index contributed by atoms with van der Waals surface area (Å²) < 4.78 is 14.2. The first-order valence-corrected chi connectivity index (χ1v) is 8.80. The first-order chi connectivity index (χ1) is 12.6. The number of hydrogen-bond acceptors (Lipinski definition) is 3. The van der Waals surface area contributed by atoms with Gasteiger partial charge in [0.15, 0.2) is 0 Å². The van der Waals surface area contributed by atoms with Crippen molar-refractivity contribution in [2.45, 2.75) is 6.04 Å². The Morgan fingerprint density at radius 2 is 1.73 bits per heavy atom. The predicted octanol–water partition coefficient (Wildman–Crippen LogP) is 1.75. The summed E-state index contributed by atoms with van der Waals surface area (Å²) >= 11 is 0. The van der Waals surface area contributed by atoms with E-state index >= 15 is 0 Å². The molecule has 2 aliphatic heterocycles. The predicted molar refractivity (Wildman–Crippen MR) is 96.1 cm³/mol. The molecule has 0 saturated carbocycles. The Bertz CT molecular complexity index is 854. The number of carbonyl (C=O) groups excluding carboxylic acids is 2. The number of benzene rings is 2. The molecule has 2 amide bonds. The lowest BCUT2D eigenvalue weighted by Crippen LogP contribution is -2.64. The van der Waals surface area contributed by atoms with Gasteiger partial charge in [-0.2, -0.15) is 0 Å². The highest BCUT2D eigenvalue weighted by Gasteiger charge is 2.36. The van der Waals surface area contributed by atoms with Crippen molar-refractivity contribution in [1.82, 2.24) is 15.1 Å². The van der Waals surface area contributed by atoms with Crippen molar-refractivity contribution in [2.75, 3.05) is 32.7 Å². The van der Waals surface area contributed by atoms with Crippen molar-refractivity contribution in [2.24, 2.45) is 0 Å². The largest absolute Gasteiger partial charge is 0.353 e. The molecule has 2 saturated heterocycles. The van der Waals surface area contributed by atoms with Gasteiger partial charge in [-0.3, -0.25) is 14.5 Å². The van der Waals surface area contributed by atoms with Crippen LogP contribution in [0.15, 0.2) is 48.5 Å². The van der Waals surface area contributed by atoms with E-state index in [4.69, 9.17) is 0 Å². The molecule has 1 N–H and O–H groups in total. The number of carbonyl (C=O) groups is 2. The van der Waals surface area contributed by atoms with Crippen molar-refractivity contribution in [1.29, 1.82) is 0 Å². The molecule has 2 aliphatic rings. The maximum Gasteiger partial charge on any atom is 0.254 e. The number of halogens is 1. The fraction of sp³-hybridized carbons (Fsp3) is 0.300. The second-order valence-corrected chi connectivity index (χ2v) is 6.62. The summed E-state index contributed by atoms with van der Waals surface area (Å²) in [6.45, 7) is 3.06. The smallest absolute Gasteiger partial charge is 0.254 e. The van der Waals surface area contributed by atoms with E-state index in [0.717, 1.165) is 6.54 Å². The fourth-order valence-corrected chi connectivity index (χ4v) is 3.72. The van der Waals surface area contributed by atoms with E-state index in [1.807, 2.05) is 0 Å². The topological polar surface area (TPSA) is 52.7 Å². The molecule has 6 heteroatoms. The molecule has 0 unspecified atom stereocenters. The van der Waals surface area contributed by atoms with Gasteiger partial charge in [0, 0.05) is 43.9 Å². The third kappa shape index (κ3) is 2.97. The summed E-state index contributed by atoms with van der Waals surface area (Å²) in [5.41, 5.74) is 1.44. The molecule has 0 radical (unpaired) electrons. The summed E-state index contributed by atoms with van der Waals surface area (Å²) in [5, 5.41) is 2.86. The van der Waals surface area contributed by atoms with Crippen LogP contribution in [-0.4, -0.2) is 60.4 Å². The molecule has 5 nitrogen and oxygen atoms in total. The van der Waals surface area contributed by atoms with Crippen LogP contribution in [0.2, 0.25) is 0 Å². The molecule has 26 heavy (non-hydrogen) atoms. The van der Waals surface area contributed by atoms with Gasteiger partial charge in [0.05, 0.1) is 0 Å². The van der Waals surface area contributed by atoms with Crippen LogP contribution in [0.25, 0.3) is 11.1 Å². The Kier molecular flexibility index (Phi) is 4.42. The van der Waals surface area contributed by atoms with Crippen LogP contribution in [0, 0.1) is 5.82 Å². The highest BCUT2D eigenvalue weighted by molar-refractivity contribution is 6.01. The lowest BCUT2D eigenvalue weighted by Gasteiger charge is -2.43. The van der Waals surface area contributed by atoms with Crippen molar-refractivity contribution in [3.63, 3.8) is 0 Å². The lowest BCUT2D eigenvalue weighted by molar-refractivity contribution is -0.131. The van der Waals surface area contributed by atoms with E-state index in [-0.39, 0.29) is 23.7 Å². The number of amides is 2. The molecule has 2 fully saturated rings. The Morgan fingerprint density at radius 3 is 2.54 bits per heavy atom. The second-order valence-electron chi connectivity index (χ2n) is 6.62. The summed E-state index contributed by atoms with van der Waals surface area (Å²) in [7, 11) is 0. The number of nitrogens with one attached hydrogen (secondary N) is 1. The van der Waals surface area contributed by atoms with E-state index in [1.54, 1.807) is 47.4 Å². The maximum atomic E-state index is 14.2. The summed E-state index contributed by atoms with van der Waals surface area (Å²) in [4.78, 5) is 29.1. The Labute approximate surface area is 151 Å². The van der Waals surface area contributed by atoms with E-state index in [9.17, 15) is 14.0 Å². The van der Waals surface area contributed by atoms with Crippen LogP contribution in [0.5, 0.6) is 0 Å². The zero-order valence-corrected chi connectivity index (χ0v) is 14.3. The van der Waals surface area contributed by atoms with Crippen LogP contribution >= 0.6 is 0 Å². The molecule has 0 bridgehead atoms. The van der Waals surface area contributed by atoms with Crippen molar-refractivity contribution in [3.05, 3.63) is 59.9 Å². The van der Waals surface area contributed by atoms with Crippen LogP contribution in [-0.2, 0) is 4.79 Å². The standard InChI is InChI=1S/C20H20FN3O2/c21-17-8-4-3-6-15(17)14-5-1-2-7-16(14)20(26)24-12-11-23-10-9-22-19(25)18(23)13-24/h1-8,18H,9-13H2,(H,22,25)/t18-/m1/s1. The molecule has 0 aliphatic carbocycles. The number of hydrogen-bond donors (Lipinski definition) is 1. The van der Waals surface area contributed by atoms with Crippen molar-refractivity contribution in [3.8, 4) is 11.1 Å². The number of fused-ring (bicyclic) bond motifs is 1. The molecular formula is C20H20FN3O2. The Morgan fingerprint density at radius 1 is 1.00 bits per heavy atom. The van der Waals surface area contributed by atoms with Crippen LogP contribution in [0.3, 0.4) is 0 Å². The SMILES string of the molecule is O=C1NCCN2CCN(C(=O)c3ccccc3-c3ccccc3F)C[C@H]12. The van der Waals surface area contributed by atoms with Crippen LogP contribution in [0.1, 0.15) is 10.4 Å². The van der Waals surface area contributed by atoms with E-state index < -0.39 is 0 Å². The van der Waals surface area contributed by atoms with Gasteiger partial charge in [0.25, 0.3) is 5.91 Å². The fourth-order valence-electron chi connectivity index (χ4n) is 3.72. The van der Waals surface area contributed by atoms with Gasteiger partial charge in [-0.1, -0.05) is 36.4 Å². The molecule has 2 aromatic rings. The zero-order chi connectivity index (χ0) is 18.1. The average Bonchev–Trinajstić information content (AvgIpc) is 2.68. The molecule has 134 valence electrons. The number of rotatable bonds is 2. The molecule has 2 aromatic carbocycles. The van der Waals surface area contributed by atoms with Gasteiger partial charge in [-0.25, -0.2) is 4.39 Å². The van der Waals surface area contributed by atoms with Gasteiger partial charge in [0.2, 0.25) is 5.91 Å². The normalized spacial score (nSPS) is 20.4. The number of nitrogens with zero attached hydrogens (tertiary/aromatic N) is 2. The van der Waals surface area contributed by atoms with E-state index in [1.165, 1.54) is 6.07 Å². The van der Waals surface area contributed by atoms with Crippen LogP contribution in [0.4, 0.5) is 4.39 Å². The van der Waals surface area contributed by atoms with Crippen molar-refractivity contribution < 1.29 is 14.0 Å². The maximum absolute atomic E-state index is 14.2. The minimum absolute atomic E-state index is 0.0314.